The lowest BCUT2D eigenvalue weighted by Gasteiger charge is -2.24. The first-order valence-electron chi connectivity index (χ1n) is 6.40. The molecule has 2 rings (SSSR count). The fourth-order valence-corrected chi connectivity index (χ4v) is 2.60. The van der Waals surface area contributed by atoms with E-state index < -0.39 is 30.2 Å². The van der Waals surface area contributed by atoms with E-state index in [1.54, 1.807) is 13.8 Å². The monoisotopic (exact) mass is 259 g/mol. The second-order valence-electron chi connectivity index (χ2n) is 5.23. The predicted octanol–water partition coefficient (Wildman–Crippen LogP) is 0.776. The summed E-state index contributed by atoms with van der Waals surface area (Å²) in [4.78, 5) is 11.4. The molecule has 6 heteroatoms. The van der Waals surface area contributed by atoms with Crippen molar-refractivity contribution in [1.82, 2.24) is 5.32 Å². The lowest BCUT2D eigenvalue weighted by molar-refractivity contribution is -0.156. The standard InChI is InChI=1S/C12H21NO5/c1-4-5-7-9(16-11(15)13-7)10-8(6-14)17-12(2,3)18-10/h7-10,14H,4-6H2,1-3H3,(H,13,15)/t7-,8+,9+,10+/m1/s1. The normalized spacial score (nSPS) is 38.6. The van der Waals surface area contributed by atoms with Crippen LogP contribution in [0.4, 0.5) is 4.79 Å². The number of nitrogens with one attached hydrogen (secondary N) is 1. The average Bonchev–Trinajstić information content (AvgIpc) is 2.79. The van der Waals surface area contributed by atoms with Crippen LogP contribution in [-0.2, 0) is 14.2 Å². The molecule has 0 radical (unpaired) electrons. The van der Waals surface area contributed by atoms with Crippen LogP contribution in [0.2, 0.25) is 0 Å². The Kier molecular flexibility index (Phi) is 3.79. The Labute approximate surface area is 107 Å². The number of cyclic esters (lactones) is 1. The van der Waals surface area contributed by atoms with Crippen molar-refractivity contribution in [3.8, 4) is 0 Å². The van der Waals surface area contributed by atoms with Gasteiger partial charge in [0.25, 0.3) is 0 Å². The molecule has 0 aliphatic carbocycles. The van der Waals surface area contributed by atoms with Gasteiger partial charge in [-0.3, -0.25) is 0 Å². The highest BCUT2D eigenvalue weighted by molar-refractivity contribution is 5.70. The summed E-state index contributed by atoms with van der Waals surface area (Å²) in [6, 6.07) is -0.0842. The van der Waals surface area contributed by atoms with E-state index in [-0.39, 0.29) is 12.6 Å². The van der Waals surface area contributed by atoms with Crippen LogP contribution >= 0.6 is 0 Å². The number of hydrogen-bond donors (Lipinski definition) is 2. The Morgan fingerprint density at radius 2 is 2.06 bits per heavy atom. The molecule has 0 aromatic heterocycles. The molecule has 2 aliphatic rings. The summed E-state index contributed by atoms with van der Waals surface area (Å²) in [7, 11) is 0. The number of amides is 1. The van der Waals surface area contributed by atoms with Crippen LogP contribution in [-0.4, -0.2) is 47.9 Å². The molecule has 6 nitrogen and oxygen atoms in total. The molecule has 4 atom stereocenters. The van der Waals surface area contributed by atoms with Gasteiger partial charge in [0.1, 0.15) is 12.2 Å². The van der Waals surface area contributed by atoms with E-state index in [4.69, 9.17) is 14.2 Å². The highest BCUT2D eigenvalue weighted by Crippen LogP contribution is 2.33. The molecule has 104 valence electrons. The largest absolute Gasteiger partial charge is 0.441 e. The van der Waals surface area contributed by atoms with Gasteiger partial charge < -0.3 is 24.6 Å². The Morgan fingerprint density at radius 1 is 1.33 bits per heavy atom. The lowest BCUT2D eigenvalue weighted by atomic mass is 9.98. The van der Waals surface area contributed by atoms with Crippen molar-refractivity contribution >= 4 is 6.09 Å². The number of aliphatic hydroxyl groups excluding tert-OH is 1. The van der Waals surface area contributed by atoms with E-state index in [9.17, 15) is 9.90 Å². The lowest BCUT2D eigenvalue weighted by Crippen LogP contribution is -2.45. The fourth-order valence-electron chi connectivity index (χ4n) is 2.60. The van der Waals surface area contributed by atoms with Crippen molar-refractivity contribution in [3.05, 3.63) is 0 Å². The van der Waals surface area contributed by atoms with Gasteiger partial charge in [-0.2, -0.15) is 0 Å². The Hall–Kier alpha value is -0.850. The summed E-state index contributed by atoms with van der Waals surface area (Å²) in [5.41, 5.74) is 0. The second-order valence-corrected chi connectivity index (χ2v) is 5.23. The summed E-state index contributed by atoms with van der Waals surface area (Å²) >= 11 is 0. The average molecular weight is 259 g/mol. The van der Waals surface area contributed by atoms with Gasteiger partial charge in [0, 0.05) is 0 Å². The molecule has 0 unspecified atom stereocenters. The smallest absolute Gasteiger partial charge is 0.407 e. The third-order valence-corrected chi connectivity index (χ3v) is 3.27. The van der Waals surface area contributed by atoms with Crippen molar-refractivity contribution in [2.75, 3.05) is 6.61 Å². The van der Waals surface area contributed by atoms with E-state index in [1.165, 1.54) is 0 Å². The van der Waals surface area contributed by atoms with Gasteiger partial charge in [-0.1, -0.05) is 13.3 Å². The van der Waals surface area contributed by atoms with Crippen molar-refractivity contribution in [3.63, 3.8) is 0 Å². The highest BCUT2D eigenvalue weighted by atomic mass is 16.8. The SMILES string of the molecule is CCC[C@H]1NC(=O)O[C@@H]1[C@H]1OC(C)(C)O[C@H]1CO. The predicted molar refractivity (Wildman–Crippen MR) is 63.0 cm³/mol. The van der Waals surface area contributed by atoms with Gasteiger partial charge in [-0.15, -0.1) is 0 Å². The molecule has 2 saturated heterocycles. The molecule has 0 bridgehead atoms. The number of alkyl carbamates (subject to hydrolysis) is 1. The van der Waals surface area contributed by atoms with E-state index in [1.807, 2.05) is 6.92 Å². The van der Waals surface area contributed by atoms with Crippen LogP contribution < -0.4 is 5.32 Å². The van der Waals surface area contributed by atoms with Crippen LogP contribution in [0.25, 0.3) is 0 Å². The van der Waals surface area contributed by atoms with E-state index in [2.05, 4.69) is 5.32 Å². The zero-order valence-electron chi connectivity index (χ0n) is 11.0. The summed E-state index contributed by atoms with van der Waals surface area (Å²) in [5, 5.41) is 12.1. The van der Waals surface area contributed by atoms with Crippen molar-refractivity contribution in [2.45, 2.75) is 63.8 Å². The number of hydrogen-bond acceptors (Lipinski definition) is 5. The minimum atomic E-state index is -0.760. The second kappa shape index (κ2) is 5.03. The number of rotatable bonds is 4. The van der Waals surface area contributed by atoms with Crippen molar-refractivity contribution in [2.24, 2.45) is 0 Å². The molecule has 2 aliphatic heterocycles. The van der Waals surface area contributed by atoms with Crippen LogP contribution in [0, 0.1) is 0 Å². The van der Waals surface area contributed by atoms with Gasteiger partial charge in [0.05, 0.1) is 12.6 Å². The number of carbonyl (C=O) groups is 1. The highest BCUT2D eigenvalue weighted by Gasteiger charge is 2.51. The van der Waals surface area contributed by atoms with Crippen LogP contribution in [0.5, 0.6) is 0 Å². The summed E-state index contributed by atoms with van der Waals surface area (Å²) in [6.45, 7) is 5.46. The van der Waals surface area contributed by atoms with E-state index >= 15 is 0 Å². The maximum Gasteiger partial charge on any atom is 0.407 e. The minimum Gasteiger partial charge on any atom is -0.441 e. The van der Waals surface area contributed by atoms with E-state index in [0.717, 1.165) is 12.8 Å². The molecular weight excluding hydrogens is 238 g/mol. The number of aliphatic hydroxyl groups is 1. The van der Waals surface area contributed by atoms with Crippen molar-refractivity contribution in [1.29, 1.82) is 0 Å². The van der Waals surface area contributed by atoms with Crippen molar-refractivity contribution < 1.29 is 24.1 Å². The molecular formula is C12H21NO5. The van der Waals surface area contributed by atoms with E-state index in [0.29, 0.717) is 0 Å². The summed E-state index contributed by atoms with van der Waals surface area (Å²) < 4.78 is 16.6. The van der Waals surface area contributed by atoms with Gasteiger partial charge in [-0.25, -0.2) is 4.79 Å². The van der Waals surface area contributed by atoms with Crippen LogP contribution in [0.15, 0.2) is 0 Å². The van der Waals surface area contributed by atoms with Gasteiger partial charge in [-0.05, 0) is 20.3 Å². The van der Waals surface area contributed by atoms with Crippen LogP contribution in [0.3, 0.4) is 0 Å². The molecule has 2 heterocycles. The van der Waals surface area contributed by atoms with Gasteiger partial charge >= 0.3 is 6.09 Å². The third-order valence-electron chi connectivity index (χ3n) is 3.27. The molecule has 1 amide bonds. The zero-order valence-corrected chi connectivity index (χ0v) is 11.0. The van der Waals surface area contributed by atoms with Crippen LogP contribution in [0.1, 0.15) is 33.6 Å². The first-order chi connectivity index (χ1) is 8.46. The zero-order chi connectivity index (χ0) is 13.3. The third kappa shape index (κ3) is 2.60. The Bertz CT molecular complexity index is 320. The number of carbonyl (C=O) groups excluding carboxylic acids is 1. The minimum absolute atomic E-state index is 0.0842. The molecule has 2 N–H and O–H groups in total. The maximum atomic E-state index is 11.4. The fraction of sp³-hybridized carbons (Fsp3) is 0.917. The molecule has 0 aromatic rings. The topological polar surface area (TPSA) is 77.0 Å². The Morgan fingerprint density at radius 3 is 2.67 bits per heavy atom. The first kappa shape index (κ1) is 13.6. The molecule has 0 saturated carbocycles. The molecule has 2 fully saturated rings. The van der Waals surface area contributed by atoms with Gasteiger partial charge in [0.2, 0.25) is 0 Å². The molecule has 0 spiro atoms. The maximum absolute atomic E-state index is 11.4. The molecule has 18 heavy (non-hydrogen) atoms. The Balaban J connectivity index is 2.11. The summed E-state index contributed by atoms with van der Waals surface area (Å²) in [6.07, 6.45) is 0.0258. The number of ether oxygens (including phenoxy) is 3. The van der Waals surface area contributed by atoms with Gasteiger partial charge in [0.15, 0.2) is 11.9 Å². The quantitative estimate of drug-likeness (QED) is 0.780. The summed E-state index contributed by atoms with van der Waals surface area (Å²) in [5.74, 6) is -0.760. The first-order valence-corrected chi connectivity index (χ1v) is 6.40. The molecule has 0 aromatic carbocycles.